The van der Waals surface area contributed by atoms with Crippen LogP contribution in [0.5, 0.6) is 0 Å². The summed E-state index contributed by atoms with van der Waals surface area (Å²) in [5, 5.41) is 0. The van der Waals surface area contributed by atoms with Gasteiger partial charge in [-0.2, -0.15) is 13.2 Å². The van der Waals surface area contributed by atoms with Gasteiger partial charge in [-0.1, -0.05) is 6.07 Å². The Morgan fingerprint density at radius 3 is 2.41 bits per heavy atom. The molecule has 0 atom stereocenters. The number of anilines is 1. The van der Waals surface area contributed by atoms with E-state index in [0.29, 0.717) is 12.8 Å². The van der Waals surface area contributed by atoms with Crippen LogP contribution in [0.25, 0.3) is 0 Å². The second-order valence-corrected chi connectivity index (χ2v) is 4.28. The molecule has 1 aromatic carbocycles. The molecule has 5 heteroatoms. The highest BCUT2D eigenvalue weighted by molar-refractivity contribution is 5.52. The van der Waals surface area contributed by atoms with Crippen LogP contribution in [0.3, 0.4) is 0 Å². The molecule has 1 aromatic rings. The number of alkyl halides is 3. The highest BCUT2D eigenvalue weighted by Gasteiger charge is 2.33. The predicted octanol–water partition coefficient (Wildman–Crippen LogP) is 2.78. The summed E-state index contributed by atoms with van der Waals surface area (Å²) >= 11 is 0. The van der Waals surface area contributed by atoms with Gasteiger partial charge in [-0.3, -0.25) is 0 Å². The number of halogens is 3. The summed E-state index contributed by atoms with van der Waals surface area (Å²) in [6.45, 7) is 0.742. The van der Waals surface area contributed by atoms with Crippen molar-refractivity contribution in [2.45, 2.75) is 19.0 Å². The SMILES string of the molecule is CN(C)CCCc1c(N)cccc1C(F)(F)F. The van der Waals surface area contributed by atoms with Gasteiger partial charge in [0.05, 0.1) is 5.56 Å². The molecule has 0 amide bonds. The fourth-order valence-electron chi connectivity index (χ4n) is 1.72. The van der Waals surface area contributed by atoms with Crippen LogP contribution in [0.2, 0.25) is 0 Å². The Balaban J connectivity index is 2.89. The van der Waals surface area contributed by atoms with Gasteiger partial charge >= 0.3 is 6.18 Å². The fourth-order valence-corrected chi connectivity index (χ4v) is 1.72. The molecule has 17 heavy (non-hydrogen) atoms. The Labute approximate surface area is 99.2 Å². The average molecular weight is 246 g/mol. The molecule has 0 radical (unpaired) electrons. The Hall–Kier alpha value is -1.23. The Bertz CT molecular complexity index is 373. The number of hydrogen-bond acceptors (Lipinski definition) is 2. The summed E-state index contributed by atoms with van der Waals surface area (Å²) in [6.07, 6.45) is -3.33. The molecular weight excluding hydrogens is 229 g/mol. The monoisotopic (exact) mass is 246 g/mol. The van der Waals surface area contributed by atoms with E-state index in [2.05, 4.69) is 0 Å². The van der Waals surface area contributed by atoms with Crippen molar-refractivity contribution in [3.8, 4) is 0 Å². The molecular formula is C12H17F3N2. The Morgan fingerprint density at radius 1 is 1.24 bits per heavy atom. The van der Waals surface area contributed by atoms with Gasteiger partial charge in [0, 0.05) is 5.69 Å². The number of rotatable bonds is 4. The van der Waals surface area contributed by atoms with Crippen molar-refractivity contribution in [2.24, 2.45) is 0 Å². The second kappa shape index (κ2) is 5.40. The van der Waals surface area contributed by atoms with E-state index in [0.717, 1.165) is 12.6 Å². The first kappa shape index (κ1) is 13.8. The standard InChI is InChI=1S/C12H17F3N2/c1-17(2)8-4-5-9-10(12(13,14)15)6-3-7-11(9)16/h3,6-7H,4-5,8,16H2,1-2H3. The van der Waals surface area contributed by atoms with Gasteiger partial charge in [0.15, 0.2) is 0 Å². The molecule has 0 heterocycles. The first-order valence-electron chi connectivity index (χ1n) is 5.41. The van der Waals surface area contributed by atoms with Crippen molar-refractivity contribution in [3.05, 3.63) is 29.3 Å². The lowest BCUT2D eigenvalue weighted by molar-refractivity contribution is -0.138. The Morgan fingerprint density at radius 2 is 1.88 bits per heavy atom. The number of hydrogen-bond donors (Lipinski definition) is 1. The lowest BCUT2D eigenvalue weighted by Gasteiger charge is -2.16. The molecule has 96 valence electrons. The normalized spacial score (nSPS) is 12.1. The van der Waals surface area contributed by atoms with Crippen molar-refractivity contribution < 1.29 is 13.2 Å². The minimum absolute atomic E-state index is 0.210. The van der Waals surface area contributed by atoms with Gasteiger partial charge < -0.3 is 10.6 Å². The van der Waals surface area contributed by atoms with Crippen molar-refractivity contribution in [1.29, 1.82) is 0 Å². The van der Waals surface area contributed by atoms with Crippen LogP contribution in [0.4, 0.5) is 18.9 Å². The molecule has 0 saturated heterocycles. The van der Waals surface area contributed by atoms with Gasteiger partial charge in [0.1, 0.15) is 0 Å². The largest absolute Gasteiger partial charge is 0.416 e. The third kappa shape index (κ3) is 3.93. The van der Waals surface area contributed by atoms with E-state index < -0.39 is 11.7 Å². The van der Waals surface area contributed by atoms with Gasteiger partial charge in [-0.25, -0.2) is 0 Å². The first-order chi connectivity index (χ1) is 7.82. The van der Waals surface area contributed by atoms with Gasteiger partial charge in [-0.05, 0) is 51.2 Å². The third-order valence-electron chi connectivity index (χ3n) is 2.55. The molecule has 0 saturated carbocycles. The molecule has 0 aliphatic heterocycles. The van der Waals surface area contributed by atoms with E-state index in [1.54, 1.807) is 0 Å². The summed E-state index contributed by atoms with van der Waals surface area (Å²) < 4.78 is 38.2. The lowest BCUT2D eigenvalue weighted by Crippen LogP contribution is -2.16. The van der Waals surface area contributed by atoms with Crippen LogP contribution in [0.1, 0.15) is 17.5 Å². The summed E-state index contributed by atoms with van der Waals surface area (Å²) in [5.41, 5.74) is 5.44. The first-order valence-corrected chi connectivity index (χ1v) is 5.41. The fraction of sp³-hybridized carbons (Fsp3) is 0.500. The summed E-state index contributed by atoms with van der Waals surface area (Å²) in [7, 11) is 3.78. The van der Waals surface area contributed by atoms with Crippen LogP contribution < -0.4 is 5.73 Å². The minimum Gasteiger partial charge on any atom is -0.398 e. The van der Waals surface area contributed by atoms with Crippen molar-refractivity contribution in [1.82, 2.24) is 4.90 Å². The van der Waals surface area contributed by atoms with Crippen molar-refractivity contribution in [2.75, 3.05) is 26.4 Å². The van der Waals surface area contributed by atoms with E-state index >= 15 is 0 Å². The average Bonchev–Trinajstić information content (AvgIpc) is 2.18. The molecule has 0 aliphatic rings. The molecule has 2 nitrogen and oxygen atoms in total. The van der Waals surface area contributed by atoms with Gasteiger partial charge in [-0.15, -0.1) is 0 Å². The predicted molar refractivity (Wildman–Crippen MR) is 62.7 cm³/mol. The maximum Gasteiger partial charge on any atom is 0.416 e. The zero-order valence-corrected chi connectivity index (χ0v) is 10.0. The number of nitrogens with two attached hydrogens (primary N) is 1. The molecule has 0 bridgehead atoms. The van der Waals surface area contributed by atoms with E-state index in [9.17, 15) is 13.2 Å². The summed E-state index contributed by atoms with van der Waals surface area (Å²) in [4.78, 5) is 1.94. The minimum atomic E-state index is -4.33. The molecule has 1 rings (SSSR count). The van der Waals surface area contributed by atoms with Gasteiger partial charge in [0.25, 0.3) is 0 Å². The van der Waals surface area contributed by atoms with Crippen molar-refractivity contribution >= 4 is 5.69 Å². The Kier molecular flexibility index (Phi) is 4.40. The van der Waals surface area contributed by atoms with E-state index in [4.69, 9.17) is 5.73 Å². The maximum absolute atomic E-state index is 12.7. The smallest absolute Gasteiger partial charge is 0.398 e. The van der Waals surface area contributed by atoms with E-state index in [-0.39, 0.29) is 11.3 Å². The van der Waals surface area contributed by atoms with Gasteiger partial charge in [0.2, 0.25) is 0 Å². The van der Waals surface area contributed by atoms with Crippen LogP contribution in [-0.2, 0) is 12.6 Å². The van der Waals surface area contributed by atoms with Crippen LogP contribution in [0, 0.1) is 0 Å². The van der Waals surface area contributed by atoms with Crippen LogP contribution in [0.15, 0.2) is 18.2 Å². The molecule has 0 fully saturated rings. The molecule has 0 aliphatic carbocycles. The number of nitrogens with zero attached hydrogens (tertiary/aromatic N) is 1. The van der Waals surface area contributed by atoms with Crippen LogP contribution in [-0.4, -0.2) is 25.5 Å². The molecule has 0 aromatic heterocycles. The highest BCUT2D eigenvalue weighted by atomic mass is 19.4. The molecule has 2 N–H and O–H groups in total. The van der Waals surface area contributed by atoms with E-state index in [1.807, 2.05) is 19.0 Å². The second-order valence-electron chi connectivity index (χ2n) is 4.28. The zero-order chi connectivity index (χ0) is 13.1. The summed E-state index contributed by atoms with van der Waals surface area (Å²) in [5.74, 6) is 0. The highest BCUT2D eigenvalue weighted by Crippen LogP contribution is 2.34. The maximum atomic E-state index is 12.7. The topological polar surface area (TPSA) is 29.3 Å². The number of nitrogen functional groups attached to an aromatic ring is 1. The quantitative estimate of drug-likeness (QED) is 0.828. The summed E-state index contributed by atoms with van der Waals surface area (Å²) in [6, 6.07) is 3.94. The van der Waals surface area contributed by atoms with E-state index in [1.165, 1.54) is 12.1 Å². The number of benzene rings is 1. The zero-order valence-electron chi connectivity index (χ0n) is 10.0. The molecule has 0 spiro atoms. The molecule has 0 unspecified atom stereocenters. The van der Waals surface area contributed by atoms with Crippen molar-refractivity contribution in [3.63, 3.8) is 0 Å². The lowest BCUT2D eigenvalue weighted by atomic mass is 10.0. The third-order valence-corrected chi connectivity index (χ3v) is 2.55. The van der Waals surface area contributed by atoms with Crippen LogP contribution >= 0.6 is 0 Å².